The SMILES string of the molecule is COC(=O)c1cc(Cl)c(OCc2ccc[nH]2)c(OC)c1. The molecule has 0 amide bonds. The zero-order valence-corrected chi connectivity index (χ0v) is 11.9. The molecule has 0 radical (unpaired) electrons. The van der Waals surface area contributed by atoms with Crippen LogP contribution in [0.1, 0.15) is 16.1 Å². The van der Waals surface area contributed by atoms with E-state index in [1.165, 1.54) is 26.4 Å². The molecule has 0 saturated carbocycles. The van der Waals surface area contributed by atoms with Gasteiger partial charge in [0, 0.05) is 6.20 Å². The molecule has 0 aliphatic carbocycles. The van der Waals surface area contributed by atoms with Crippen molar-refractivity contribution < 1.29 is 19.0 Å². The van der Waals surface area contributed by atoms with Crippen LogP contribution in [0.5, 0.6) is 11.5 Å². The minimum Gasteiger partial charge on any atom is -0.493 e. The van der Waals surface area contributed by atoms with Gasteiger partial charge in [-0.2, -0.15) is 0 Å². The van der Waals surface area contributed by atoms with Gasteiger partial charge in [0.2, 0.25) is 0 Å². The third-order valence-electron chi connectivity index (χ3n) is 2.68. The Morgan fingerprint density at radius 1 is 1.35 bits per heavy atom. The maximum absolute atomic E-state index is 11.5. The number of hydrogen-bond donors (Lipinski definition) is 1. The molecule has 2 aromatic rings. The molecule has 0 aliphatic rings. The van der Waals surface area contributed by atoms with Crippen LogP contribution >= 0.6 is 11.6 Å². The summed E-state index contributed by atoms with van der Waals surface area (Å²) in [5.41, 5.74) is 1.21. The number of halogens is 1. The van der Waals surface area contributed by atoms with Gasteiger partial charge >= 0.3 is 5.97 Å². The lowest BCUT2D eigenvalue weighted by Crippen LogP contribution is -2.04. The topological polar surface area (TPSA) is 60.5 Å². The highest BCUT2D eigenvalue weighted by Crippen LogP contribution is 2.37. The highest BCUT2D eigenvalue weighted by Gasteiger charge is 2.16. The summed E-state index contributed by atoms with van der Waals surface area (Å²) in [6, 6.07) is 6.78. The lowest BCUT2D eigenvalue weighted by molar-refractivity contribution is 0.0600. The van der Waals surface area contributed by atoms with Gasteiger partial charge in [-0.25, -0.2) is 4.79 Å². The number of methoxy groups -OCH3 is 2. The molecule has 0 aliphatic heterocycles. The summed E-state index contributed by atoms with van der Waals surface area (Å²) in [7, 11) is 2.78. The number of H-pyrrole nitrogens is 1. The van der Waals surface area contributed by atoms with Crippen LogP contribution in [0.2, 0.25) is 5.02 Å². The Bertz CT molecular complexity index is 595. The maximum atomic E-state index is 11.5. The fourth-order valence-electron chi connectivity index (χ4n) is 1.70. The highest BCUT2D eigenvalue weighted by molar-refractivity contribution is 6.32. The molecular weight excluding hydrogens is 282 g/mol. The molecule has 0 bridgehead atoms. The van der Waals surface area contributed by atoms with Crippen molar-refractivity contribution in [2.45, 2.75) is 6.61 Å². The number of rotatable bonds is 5. The number of esters is 1. The minimum absolute atomic E-state index is 0.288. The average molecular weight is 296 g/mol. The molecule has 20 heavy (non-hydrogen) atoms. The van der Waals surface area contributed by atoms with E-state index in [2.05, 4.69) is 9.72 Å². The Hall–Kier alpha value is -2.14. The molecule has 0 spiro atoms. The van der Waals surface area contributed by atoms with Crippen molar-refractivity contribution in [1.82, 2.24) is 4.98 Å². The second kappa shape index (κ2) is 6.34. The molecule has 2 rings (SSSR count). The predicted molar refractivity (Wildman–Crippen MR) is 74.5 cm³/mol. The van der Waals surface area contributed by atoms with Gasteiger partial charge in [0.05, 0.1) is 30.5 Å². The summed E-state index contributed by atoms with van der Waals surface area (Å²) in [6.07, 6.45) is 1.80. The molecule has 1 heterocycles. The number of aromatic nitrogens is 1. The maximum Gasteiger partial charge on any atom is 0.338 e. The monoisotopic (exact) mass is 295 g/mol. The molecule has 0 saturated heterocycles. The van der Waals surface area contributed by atoms with E-state index in [9.17, 15) is 4.79 Å². The number of nitrogens with one attached hydrogen (secondary N) is 1. The van der Waals surface area contributed by atoms with E-state index in [0.29, 0.717) is 23.7 Å². The number of hydrogen-bond acceptors (Lipinski definition) is 4. The summed E-state index contributed by atoms with van der Waals surface area (Å²) in [6.45, 7) is 0.320. The van der Waals surface area contributed by atoms with Crippen LogP contribution < -0.4 is 9.47 Å². The fraction of sp³-hybridized carbons (Fsp3) is 0.214. The van der Waals surface area contributed by atoms with E-state index in [0.717, 1.165) is 5.69 Å². The normalized spacial score (nSPS) is 10.2. The largest absolute Gasteiger partial charge is 0.493 e. The van der Waals surface area contributed by atoms with Gasteiger partial charge < -0.3 is 19.2 Å². The Balaban J connectivity index is 2.25. The molecule has 0 fully saturated rings. The summed E-state index contributed by atoms with van der Waals surface area (Å²) in [5.74, 6) is 0.280. The number of carbonyl (C=O) groups is 1. The van der Waals surface area contributed by atoms with E-state index in [1.54, 1.807) is 6.20 Å². The van der Waals surface area contributed by atoms with Crippen molar-refractivity contribution in [2.24, 2.45) is 0 Å². The molecule has 106 valence electrons. The minimum atomic E-state index is -0.485. The second-order valence-electron chi connectivity index (χ2n) is 3.97. The van der Waals surface area contributed by atoms with Gasteiger partial charge in [-0.1, -0.05) is 11.6 Å². The van der Waals surface area contributed by atoms with Gasteiger partial charge in [-0.05, 0) is 24.3 Å². The number of carbonyl (C=O) groups excluding carboxylic acids is 1. The third kappa shape index (κ3) is 3.05. The van der Waals surface area contributed by atoms with Crippen LogP contribution in [0.15, 0.2) is 30.5 Å². The number of aromatic amines is 1. The smallest absolute Gasteiger partial charge is 0.338 e. The molecule has 1 aromatic carbocycles. The van der Waals surface area contributed by atoms with Crippen LogP contribution in [0.3, 0.4) is 0 Å². The average Bonchev–Trinajstić information content (AvgIpc) is 2.97. The summed E-state index contributed by atoms with van der Waals surface area (Å²) < 4.78 is 15.5. The number of benzene rings is 1. The Labute approximate surface area is 121 Å². The Kier molecular flexibility index (Phi) is 4.53. The zero-order chi connectivity index (χ0) is 14.5. The molecule has 0 unspecified atom stereocenters. The van der Waals surface area contributed by atoms with Crippen molar-refractivity contribution >= 4 is 17.6 Å². The van der Waals surface area contributed by atoms with Gasteiger partial charge in [0.1, 0.15) is 6.61 Å². The summed E-state index contributed by atoms with van der Waals surface area (Å²) in [5, 5.41) is 0.288. The molecule has 0 atom stereocenters. The first kappa shape index (κ1) is 14.3. The third-order valence-corrected chi connectivity index (χ3v) is 2.97. The lowest BCUT2D eigenvalue weighted by atomic mass is 10.2. The zero-order valence-electron chi connectivity index (χ0n) is 11.1. The van der Waals surface area contributed by atoms with Gasteiger partial charge in [0.25, 0.3) is 0 Å². The first-order chi connectivity index (χ1) is 9.65. The molecule has 1 aromatic heterocycles. The molecule has 5 nitrogen and oxygen atoms in total. The predicted octanol–water partition coefficient (Wildman–Crippen LogP) is 3.04. The fourth-order valence-corrected chi connectivity index (χ4v) is 1.97. The summed E-state index contributed by atoms with van der Waals surface area (Å²) >= 11 is 6.13. The Morgan fingerprint density at radius 3 is 2.75 bits per heavy atom. The van der Waals surface area contributed by atoms with Crippen molar-refractivity contribution in [2.75, 3.05) is 14.2 Å². The van der Waals surface area contributed by atoms with E-state index in [1.807, 2.05) is 12.1 Å². The Morgan fingerprint density at radius 2 is 2.15 bits per heavy atom. The molecule has 6 heteroatoms. The standard InChI is InChI=1S/C14H14ClNO4/c1-18-12-7-9(14(17)19-2)6-11(15)13(12)20-8-10-4-3-5-16-10/h3-7,16H,8H2,1-2H3. The van der Waals surface area contributed by atoms with E-state index >= 15 is 0 Å². The van der Waals surface area contributed by atoms with Crippen molar-refractivity contribution in [3.8, 4) is 11.5 Å². The van der Waals surface area contributed by atoms with E-state index in [4.69, 9.17) is 21.1 Å². The van der Waals surface area contributed by atoms with E-state index in [-0.39, 0.29) is 5.02 Å². The molecular formula is C14H14ClNO4. The van der Waals surface area contributed by atoms with Crippen molar-refractivity contribution in [3.05, 3.63) is 46.7 Å². The van der Waals surface area contributed by atoms with Crippen LogP contribution in [0.25, 0.3) is 0 Å². The number of ether oxygens (including phenoxy) is 3. The first-order valence-corrected chi connectivity index (χ1v) is 6.24. The van der Waals surface area contributed by atoms with Crippen LogP contribution in [-0.2, 0) is 11.3 Å². The van der Waals surface area contributed by atoms with Gasteiger partial charge in [-0.15, -0.1) is 0 Å². The van der Waals surface area contributed by atoms with Gasteiger partial charge in [-0.3, -0.25) is 0 Å². The van der Waals surface area contributed by atoms with Crippen LogP contribution in [-0.4, -0.2) is 25.2 Å². The van der Waals surface area contributed by atoms with Gasteiger partial charge in [0.15, 0.2) is 11.5 Å². The highest BCUT2D eigenvalue weighted by atomic mass is 35.5. The quantitative estimate of drug-likeness (QED) is 0.861. The second-order valence-corrected chi connectivity index (χ2v) is 4.37. The van der Waals surface area contributed by atoms with Crippen LogP contribution in [0, 0.1) is 0 Å². The first-order valence-electron chi connectivity index (χ1n) is 5.86. The lowest BCUT2D eigenvalue weighted by Gasteiger charge is -2.13. The molecule has 1 N–H and O–H groups in total. The summed E-state index contributed by atoms with van der Waals surface area (Å²) in [4.78, 5) is 14.5. The van der Waals surface area contributed by atoms with Crippen molar-refractivity contribution in [1.29, 1.82) is 0 Å². The van der Waals surface area contributed by atoms with E-state index < -0.39 is 5.97 Å². The van der Waals surface area contributed by atoms with Crippen molar-refractivity contribution in [3.63, 3.8) is 0 Å². The van der Waals surface area contributed by atoms with Crippen LogP contribution in [0.4, 0.5) is 0 Å².